The Kier molecular flexibility index (Phi) is 4.52. The molecule has 2 atom stereocenters. The SMILES string of the molecule is Cc1cc(Cl)cc(C(=O)NCC2CCCC2Cl)c1. The quantitative estimate of drug-likeness (QED) is 0.842. The number of hydrogen-bond acceptors (Lipinski definition) is 1. The third-order valence-corrected chi connectivity index (χ3v) is 4.19. The van der Waals surface area contributed by atoms with E-state index in [1.165, 1.54) is 0 Å². The highest BCUT2D eigenvalue weighted by Gasteiger charge is 2.25. The maximum absolute atomic E-state index is 12.0. The minimum atomic E-state index is -0.0728. The Morgan fingerprint density at radius 2 is 2.17 bits per heavy atom. The van der Waals surface area contributed by atoms with Gasteiger partial charge in [0.15, 0.2) is 0 Å². The lowest BCUT2D eigenvalue weighted by atomic mass is 10.1. The molecule has 1 aromatic carbocycles. The summed E-state index contributed by atoms with van der Waals surface area (Å²) >= 11 is 12.1. The van der Waals surface area contributed by atoms with Crippen LogP contribution in [0.15, 0.2) is 18.2 Å². The first kappa shape index (κ1) is 13.7. The topological polar surface area (TPSA) is 29.1 Å². The average Bonchev–Trinajstić information content (AvgIpc) is 2.70. The molecule has 0 spiro atoms. The largest absolute Gasteiger partial charge is 0.352 e. The molecule has 4 heteroatoms. The molecule has 1 aromatic rings. The van der Waals surface area contributed by atoms with E-state index in [0.29, 0.717) is 23.0 Å². The summed E-state index contributed by atoms with van der Waals surface area (Å²) in [6.45, 7) is 2.58. The van der Waals surface area contributed by atoms with Gasteiger partial charge >= 0.3 is 0 Å². The predicted molar refractivity (Wildman–Crippen MR) is 75.5 cm³/mol. The Labute approximate surface area is 118 Å². The van der Waals surface area contributed by atoms with Gasteiger partial charge in [-0.25, -0.2) is 0 Å². The Morgan fingerprint density at radius 3 is 2.78 bits per heavy atom. The normalized spacial score (nSPS) is 23.1. The molecule has 1 amide bonds. The van der Waals surface area contributed by atoms with Crippen LogP contribution in [0.5, 0.6) is 0 Å². The number of nitrogens with one attached hydrogen (secondary N) is 1. The van der Waals surface area contributed by atoms with Gasteiger partial charge in [-0.2, -0.15) is 0 Å². The Hall–Kier alpha value is -0.730. The standard InChI is InChI=1S/C14H17Cl2NO/c1-9-5-11(7-12(15)6-9)14(18)17-8-10-3-2-4-13(10)16/h5-7,10,13H,2-4,8H2,1H3,(H,17,18). The van der Waals surface area contributed by atoms with Crippen LogP contribution in [0.3, 0.4) is 0 Å². The molecule has 0 aliphatic heterocycles. The van der Waals surface area contributed by atoms with E-state index < -0.39 is 0 Å². The van der Waals surface area contributed by atoms with Crippen molar-refractivity contribution in [3.05, 3.63) is 34.3 Å². The van der Waals surface area contributed by atoms with Crippen molar-refractivity contribution in [2.24, 2.45) is 5.92 Å². The molecule has 1 fully saturated rings. The summed E-state index contributed by atoms with van der Waals surface area (Å²) in [4.78, 5) is 12.0. The van der Waals surface area contributed by atoms with E-state index in [1.807, 2.05) is 19.1 Å². The van der Waals surface area contributed by atoms with E-state index in [1.54, 1.807) is 6.07 Å². The molecular weight excluding hydrogens is 269 g/mol. The van der Waals surface area contributed by atoms with E-state index >= 15 is 0 Å². The zero-order chi connectivity index (χ0) is 13.1. The summed E-state index contributed by atoms with van der Waals surface area (Å²) in [5, 5.41) is 3.74. The molecule has 2 nitrogen and oxygen atoms in total. The van der Waals surface area contributed by atoms with Crippen LogP contribution in [0.25, 0.3) is 0 Å². The van der Waals surface area contributed by atoms with E-state index in [-0.39, 0.29) is 11.3 Å². The molecule has 98 valence electrons. The molecule has 1 aliphatic rings. The molecule has 0 radical (unpaired) electrons. The summed E-state index contributed by atoms with van der Waals surface area (Å²) in [5.74, 6) is 0.326. The fraction of sp³-hybridized carbons (Fsp3) is 0.500. The highest BCUT2D eigenvalue weighted by Crippen LogP contribution is 2.29. The molecule has 0 heterocycles. The first-order chi connectivity index (χ1) is 8.56. The van der Waals surface area contributed by atoms with Crippen molar-refractivity contribution in [3.63, 3.8) is 0 Å². The minimum absolute atomic E-state index is 0.0728. The van der Waals surface area contributed by atoms with Crippen LogP contribution in [0.1, 0.15) is 35.2 Å². The number of benzene rings is 1. The fourth-order valence-electron chi connectivity index (χ4n) is 2.41. The van der Waals surface area contributed by atoms with E-state index in [0.717, 1.165) is 24.8 Å². The van der Waals surface area contributed by atoms with Gasteiger partial charge in [-0.1, -0.05) is 18.0 Å². The zero-order valence-electron chi connectivity index (χ0n) is 10.4. The first-order valence-electron chi connectivity index (χ1n) is 6.26. The van der Waals surface area contributed by atoms with Gasteiger partial charge in [0.05, 0.1) is 0 Å². The molecule has 0 bridgehead atoms. The highest BCUT2D eigenvalue weighted by molar-refractivity contribution is 6.31. The van der Waals surface area contributed by atoms with Crippen molar-refractivity contribution in [1.82, 2.24) is 5.32 Å². The molecule has 0 saturated heterocycles. The Morgan fingerprint density at radius 1 is 1.39 bits per heavy atom. The lowest BCUT2D eigenvalue weighted by Crippen LogP contribution is -2.31. The van der Waals surface area contributed by atoms with Crippen molar-refractivity contribution in [2.45, 2.75) is 31.6 Å². The summed E-state index contributed by atoms with van der Waals surface area (Å²) in [5.41, 5.74) is 1.60. The van der Waals surface area contributed by atoms with Crippen LogP contribution < -0.4 is 5.32 Å². The van der Waals surface area contributed by atoms with Crippen LogP contribution in [-0.4, -0.2) is 17.8 Å². The van der Waals surface area contributed by atoms with Gasteiger partial charge in [-0.15, -0.1) is 11.6 Å². The number of alkyl halides is 1. The monoisotopic (exact) mass is 285 g/mol. The van der Waals surface area contributed by atoms with Gasteiger partial charge in [-0.05, 0) is 49.4 Å². The maximum atomic E-state index is 12.0. The summed E-state index contributed by atoms with van der Waals surface area (Å²) in [7, 11) is 0. The number of hydrogen-bond donors (Lipinski definition) is 1. The van der Waals surface area contributed by atoms with E-state index in [9.17, 15) is 4.79 Å². The number of amides is 1. The van der Waals surface area contributed by atoms with Gasteiger partial charge in [0, 0.05) is 22.5 Å². The second kappa shape index (κ2) is 5.94. The van der Waals surface area contributed by atoms with Gasteiger partial charge in [-0.3, -0.25) is 4.79 Å². The third-order valence-electron chi connectivity index (χ3n) is 3.40. The van der Waals surface area contributed by atoms with Gasteiger partial charge in [0.1, 0.15) is 0 Å². The number of aryl methyl sites for hydroxylation is 1. The van der Waals surface area contributed by atoms with Crippen molar-refractivity contribution >= 4 is 29.1 Å². The minimum Gasteiger partial charge on any atom is -0.352 e. The Balaban J connectivity index is 1.95. The van der Waals surface area contributed by atoms with Crippen molar-refractivity contribution < 1.29 is 4.79 Å². The number of carbonyl (C=O) groups excluding carboxylic acids is 1. The van der Waals surface area contributed by atoms with Gasteiger partial charge < -0.3 is 5.32 Å². The lowest BCUT2D eigenvalue weighted by Gasteiger charge is -2.14. The number of halogens is 2. The van der Waals surface area contributed by atoms with Crippen LogP contribution in [0, 0.1) is 12.8 Å². The molecule has 1 saturated carbocycles. The fourth-order valence-corrected chi connectivity index (χ4v) is 3.07. The average molecular weight is 286 g/mol. The van der Waals surface area contributed by atoms with Gasteiger partial charge in [0.2, 0.25) is 0 Å². The summed E-state index contributed by atoms with van der Waals surface area (Å²) < 4.78 is 0. The van der Waals surface area contributed by atoms with Crippen LogP contribution in [0.2, 0.25) is 5.02 Å². The second-order valence-electron chi connectivity index (χ2n) is 4.93. The van der Waals surface area contributed by atoms with E-state index in [2.05, 4.69) is 5.32 Å². The first-order valence-corrected chi connectivity index (χ1v) is 7.07. The lowest BCUT2D eigenvalue weighted by molar-refractivity contribution is 0.0947. The molecule has 0 aromatic heterocycles. The maximum Gasteiger partial charge on any atom is 0.251 e. The van der Waals surface area contributed by atoms with Crippen molar-refractivity contribution in [1.29, 1.82) is 0 Å². The zero-order valence-corrected chi connectivity index (χ0v) is 11.9. The molecule has 2 rings (SSSR count). The van der Waals surface area contributed by atoms with Crippen LogP contribution >= 0.6 is 23.2 Å². The molecular formula is C14H17Cl2NO. The smallest absolute Gasteiger partial charge is 0.251 e. The van der Waals surface area contributed by atoms with E-state index in [4.69, 9.17) is 23.2 Å². The number of rotatable bonds is 3. The summed E-state index contributed by atoms with van der Waals surface area (Å²) in [6.07, 6.45) is 3.31. The van der Waals surface area contributed by atoms with Gasteiger partial charge in [0.25, 0.3) is 5.91 Å². The molecule has 18 heavy (non-hydrogen) atoms. The second-order valence-corrected chi connectivity index (χ2v) is 5.93. The number of carbonyl (C=O) groups is 1. The highest BCUT2D eigenvalue weighted by atomic mass is 35.5. The van der Waals surface area contributed by atoms with Crippen LogP contribution in [-0.2, 0) is 0 Å². The van der Waals surface area contributed by atoms with Crippen LogP contribution in [0.4, 0.5) is 0 Å². The third kappa shape index (κ3) is 3.39. The summed E-state index contributed by atoms with van der Waals surface area (Å²) in [6, 6.07) is 5.37. The van der Waals surface area contributed by atoms with Crippen molar-refractivity contribution in [2.75, 3.05) is 6.54 Å². The Bertz CT molecular complexity index is 427. The molecule has 1 aliphatic carbocycles. The van der Waals surface area contributed by atoms with Crippen molar-refractivity contribution in [3.8, 4) is 0 Å². The predicted octanol–water partition coefficient (Wildman–Crippen LogP) is 3.79. The molecule has 1 N–H and O–H groups in total. The molecule has 2 unspecified atom stereocenters.